The first-order valence-corrected chi connectivity index (χ1v) is 5.50. The van der Waals surface area contributed by atoms with Crippen LogP contribution < -0.4 is 10.6 Å². The SMILES string of the molecule is O=C(Nc1c(F)c(F)c(F)c(F)c1F)NC1CCC1. The molecule has 2 N–H and O–H groups in total. The van der Waals surface area contributed by atoms with E-state index < -0.39 is 40.8 Å². The first kappa shape index (κ1) is 13.6. The van der Waals surface area contributed by atoms with E-state index in [-0.39, 0.29) is 6.04 Å². The van der Waals surface area contributed by atoms with Crippen LogP contribution in [0.5, 0.6) is 0 Å². The van der Waals surface area contributed by atoms with Crippen LogP contribution in [0.15, 0.2) is 0 Å². The van der Waals surface area contributed by atoms with Gasteiger partial charge in [0.1, 0.15) is 5.69 Å². The Morgan fingerprint density at radius 1 is 0.895 bits per heavy atom. The van der Waals surface area contributed by atoms with E-state index in [9.17, 15) is 26.7 Å². The van der Waals surface area contributed by atoms with Gasteiger partial charge in [-0.05, 0) is 19.3 Å². The summed E-state index contributed by atoms with van der Waals surface area (Å²) < 4.78 is 64.9. The van der Waals surface area contributed by atoms with Gasteiger partial charge in [0.15, 0.2) is 23.3 Å². The number of carbonyl (C=O) groups excluding carboxylic acids is 1. The van der Waals surface area contributed by atoms with Gasteiger partial charge in [0.25, 0.3) is 0 Å². The summed E-state index contributed by atoms with van der Waals surface area (Å²) in [5.74, 6) is -10.6. The van der Waals surface area contributed by atoms with E-state index in [2.05, 4.69) is 5.32 Å². The van der Waals surface area contributed by atoms with E-state index in [1.165, 1.54) is 0 Å². The van der Waals surface area contributed by atoms with Crippen LogP contribution in [0.1, 0.15) is 19.3 Å². The van der Waals surface area contributed by atoms with E-state index in [1.54, 1.807) is 5.32 Å². The van der Waals surface area contributed by atoms with Crippen molar-refractivity contribution < 1.29 is 26.7 Å². The molecule has 104 valence electrons. The minimum Gasteiger partial charge on any atom is -0.335 e. The number of benzene rings is 1. The van der Waals surface area contributed by atoms with Gasteiger partial charge in [0, 0.05) is 6.04 Å². The molecule has 0 heterocycles. The molecule has 1 aliphatic rings. The van der Waals surface area contributed by atoms with E-state index in [0.717, 1.165) is 6.42 Å². The van der Waals surface area contributed by atoms with Crippen LogP contribution in [-0.4, -0.2) is 12.1 Å². The molecule has 1 aromatic rings. The second kappa shape index (κ2) is 5.02. The number of rotatable bonds is 2. The second-order valence-electron chi connectivity index (χ2n) is 4.17. The molecule has 0 aliphatic heterocycles. The molecule has 0 spiro atoms. The van der Waals surface area contributed by atoms with Crippen molar-refractivity contribution in [2.75, 3.05) is 5.32 Å². The second-order valence-corrected chi connectivity index (χ2v) is 4.17. The summed E-state index contributed by atoms with van der Waals surface area (Å²) in [7, 11) is 0. The standard InChI is InChI=1S/C11H9F5N2O/c12-5-6(13)8(15)10(9(16)7(5)14)18-11(19)17-4-2-1-3-4/h4H,1-3H2,(H2,17,18,19). The number of hydrogen-bond acceptors (Lipinski definition) is 1. The lowest BCUT2D eigenvalue weighted by atomic mass is 9.93. The van der Waals surface area contributed by atoms with Crippen molar-refractivity contribution in [3.8, 4) is 0 Å². The predicted molar refractivity (Wildman–Crippen MR) is 56.0 cm³/mol. The van der Waals surface area contributed by atoms with Crippen molar-refractivity contribution in [1.82, 2.24) is 5.32 Å². The van der Waals surface area contributed by atoms with Crippen LogP contribution in [0.4, 0.5) is 32.4 Å². The molecule has 0 unspecified atom stereocenters. The van der Waals surface area contributed by atoms with Gasteiger partial charge in [-0.25, -0.2) is 26.7 Å². The quantitative estimate of drug-likeness (QED) is 0.488. The smallest absolute Gasteiger partial charge is 0.319 e. The zero-order valence-corrected chi connectivity index (χ0v) is 9.50. The van der Waals surface area contributed by atoms with Crippen molar-refractivity contribution in [2.45, 2.75) is 25.3 Å². The van der Waals surface area contributed by atoms with Gasteiger partial charge in [-0.2, -0.15) is 0 Å². The van der Waals surface area contributed by atoms with Gasteiger partial charge in [-0.15, -0.1) is 0 Å². The van der Waals surface area contributed by atoms with E-state index in [0.29, 0.717) is 12.8 Å². The lowest BCUT2D eigenvalue weighted by Crippen LogP contribution is -2.42. The van der Waals surface area contributed by atoms with E-state index in [4.69, 9.17) is 0 Å². The summed E-state index contributed by atoms with van der Waals surface area (Å²) >= 11 is 0. The molecule has 1 fully saturated rings. The average molecular weight is 280 g/mol. The summed E-state index contributed by atoms with van der Waals surface area (Å²) in [6.45, 7) is 0. The molecule has 2 amide bonds. The first-order valence-electron chi connectivity index (χ1n) is 5.50. The number of anilines is 1. The van der Waals surface area contributed by atoms with Crippen LogP contribution in [-0.2, 0) is 0 Å². The molecule has 19 heavy (non-hydrogen) atoms. The fourth-order valence-electron chi connectivity index (χ4n) is 1.60. The summed E-state index contributed by atoms with van der Waals surface area (Å²) in [5, 5.41) is 3.99. The third kappa shape index (κ3) is 2.47. The minimum absolute atomic E-state index is 0.138. The minimum atomic E-state index is -2.26. The normalized spacial score (nSPS) is 15.0. The number of amides is 2. The van der Waals surface area contributed by atoms with E-state index in [1.807, 2.05) is 0 Å². The maximum atomic E-state index is 13.2. The average Bonchev–Trinajstić information content (AvgIpc) is 2.34. The van der Waals surface area contributed by atoms with Gasteiger partial charge >= 0.3 is 6.03 Å². The monoisotopic (exact) mass is 280 g/mol. The van der Waals surface area contributed by atoms with Crippen LogP contribution in [0.2, 0.25) is 0 Å². The van der Waals surface area contributed by atoms with Gasteiger partial charge in [0.2, 0.25) is 5.82 Å². The Bertz CT molecular complexity index is 501. The highest BCUT2D eigenvalue weighted by atomic mass is 19.2. The highest BCUT2D eigenvalue weighted by molar-refractivity contribution is 5.89. The number of carbonyl (C=O) groups is 1. The summed E-state index contributed by atoms with van der Waals surface area (Å²) in [6.07, 6.45) is 2.34. The Morgan fingerprint density at radius 3 is 1.79 bits per heavy atom. The van der Waals surface area contributed by atoms with Crippen LogP contribution >= 0.6 is 0 Å². The zero-order valence-electron chi connectivity index (χ0n) is 9.50. The molecule has 0 atom stereocenters. The molecule has 3 nitrogen and oxygen atoms in total. The van der Waals surface area contributed by atoms with Crippen molar-refractivity contribution in [2.24, 2.45) is 0 Å². The van der Waals surface area contributed by atoms with Gasteiger partial charge < -0.3 is 10.6 Å². The maximum Gasteiger partial charge on any atom is 0.319 e. The topological polar surface area (TPSA) is 41.1 Å². The Balaban J connectivity index is 2.21. The molecular formula is C11H9F5N2O. The molecule has 8 heteroatoms. The summed E-state index contributed by atoms with van der Waals surface area (Å²) in [4.78, 5) is 11.3. The van der Waals surface area contributed by atoms with Gasteiger partial charge in [-0.1, -0.05) is 0 Å². The molecular weight excluding hydrogens is 271 g/mol. The molecule has 1 aliphatic carbocycles. The number of urea groups is 1. The fourth-order valence-corrected chi connectivity index (χ4v) is 1.60. The Labute approximate surface area is 104 Å². The Hall–Kier alpha value is -1.86. The predicted octanol–water partition coefficient (Wildman–Crippen LogP) is 3.06. The lowest BCUT2D eigenvalue weighted by molar-refractivity contribution is 0.239. The molecule has 0 aromatic heterocycles. The molecule has 0 radical (unpaired) electrons. The van der Waals surface area contributed by atoms with Crippen molar-refractivity contribution >= 4 is 11.7 Å². The van der Waals surface area contributed by atoms with Crippen molar-refractivity contribution in [3.05, 3.63) is 29.1 Å². The van der Waals surface area contributed by atoms with Crippen LogP contribution in [0.25, 0.3) is 0 Å². The number of nitrogens with one attached hydrogen (secondary N) is 2. The van der Waals surface area contributed by atoms with Crippen molar-refractivity contribution in [1.29, 1.82) is 0 Å². The molecule has 2 rings (SSSR count). The molecule has 1 saturated carbocycles. The highest BCUT2D eigenvalue weighted by Gasteiger charge is 2.27. The third-order valence-electron chi connectivity index (χ3n) is 2.89. The van der Waals surface area contributed by atoms with Gasteiger partial charge in [-0.3, -0.25) is 0 Å². The Kier molecular flexibility index (Phi) is 3.59. The van der Waals surface area contributed by atoms with Crippen molar-refractivity contribution in [3.63, 3.8) is 0 Å². The third-order valence-corrected chi connectivity index (χ3v) is 2.89. The Morgan fingerprint density at radius 2 is 1.37 bits per heavy atom. The van der Waals surface area contributed by atoms with E-state index >= 15 is 0 Å². The molecule has 0 saturated heterocycles. The molecule has 1 aromatic carbocycles. The lowest BCUT2D eigenvalue weighted by Gasteiger charge is -2.26. The zero-order chi connectivity index (χ0) is 14.2. The summed E-state index contributed by atoms with van der Waals surface area (Å²) in [6, 6.07) is -1.14. The summed E-state index contributed by atoms with van der Waals surface area (Å²) in [5.41, 5.74) is -1.35. The highest BCUT2D eigenvalue weighted by Crippen LogP contribution is 2.27. The first-order chi connectivity index (χ1) is 8.91. The van der Waals surface area contributed by atoms with Crippen LogP contribution in [0, 0.1) is 29.1 Å². The van der Waals surface area contributed by atoms with Crippen LogP contribution in [0.3, 0.4) is 0 Å². The molecule has 0 bridgehead atoms. The maximum absolute atomic E-state index is 13.2. The van der Waals surface area contributed by atoms with Gasteiger partial charge in [0.05, 0.1) is 0 Å². The number of hydrogen-bond donors (Lipinski definition) is 2. The fraction of sp³-hybridized carbons (Fsp3) is 0.364. The number of halogens is 5. The largest absolute Gasteiger partial charge is 0.335 e.